The molecule has 0 bridgehead atoms. The van der Waals surface area contributed by atoms with Gasteiger partial charge in [0.05, 0.1) is 0 Å². The molecular weight excluding hydrogens is 244 g/mol. The van der Waals surface area contributed by atoms with Crippen LogP contribution in [0.3, 0.4) is 0 Å². The topological polar surface area (TPSA) is 58.6 Å². The summed E-state index contributed by atoms with van der Waals surface area (Å²) in [6, 6.07) is 0. The lowest BCUT2D eigenvalue weighted by atomic mass is 10.1. The zero-order valence-corrected chi connectivity index (χ0v) is 12.7. The summed E-state index contributed by atoms with van der Waals surface area (Å²) in [6.45, 7) is 11.3. The third-order valence-corrected chi connectivity index (χ3v) is 3.03. The fraction of sp³-hybridized carbons (Fsp3) is 0.857. The molecule has 0 spiro atoms. The second kappa shape index (κ2) is 6.26. The Bertz CT molecular complexity index is 334. The fourth-order valence-electron chi connectivity index (χ4n) is 1.94. The van der Waals surface area contributed by atoms with Gasteiger partial charge >= 0.3 is 6.09 Å². The van der Waals surface area contributed by atoms with Crippen molar-refractivity contribution in [1.82, 2.24) is 10.2 Å². The van der Waals surface area contributed by atoms with Crippen molar-refractivity contribution >= 4 is 12.0 Å². The molecule has 0 aromatic carbocycles. The number of rotatable bonds is 3. The molecule has 19 heavy (non-hydrogen) atoms. The molecule has 0 aromatic rings. The number of hydrogen-bond acceptors (Lipinski definition) is 3. The second-order valence-corrected chi connectivity index (χ2v) is 6.48. The molecule has 0 radical (unpaired) electrons. The average molecular weight is 270 g/mol. The normalized spacial score (nSPS) is 19.7. The lowest BCUT2D eigenvalue weighted by Gasteiger charge is -2.24. The number of hydrogen-bond donors (Lipinski definition) is 1. The summed E-state index contributed by atoms with van der Waals surface area (Å²) in [5.74, 6) is 0.397. The average Bonchev–Trinajstić information content (AvgIpc) is 2.71. The monoisotopic (exact) mass is 270 g/mol. The third kappa shape index (κ3) is 5.49. The minimum atomic E-state index is -0.457. The highest BCUT2D eigenvalue weighted by Crippen LogP contribution is 2.19. The predicted octanol–water partition coefficient (Wildman–Crippen LogP) is 2.02. The summed E-state index contributed by atoms with van der Waals surface area (Å²) >= 11 is 0. The summed E-state index contributed by atoms with van der Waals surface area (Å²) in [5.41, 5.74) is -0.457. The number of ether oxygens (including phenoxy) is 1. The Labute approximate surface area is 115 Å². The highest BCUT2D eigenvalue weighted by molar-refractivity contribution is 5.77. The maximum atomic E-state index is 11.9. The molecule has 5 nitrogen and oxygen atoms in total. The molecule has 1 heterocycles. The van der Waals surface area contributed by atoms with Gasteiger partial charge < -0.3 is 15.0 Å². The summed E-state index contributed by atoms with van der Waals surface area (Å²) in [4.78, 5) is 25.1. The Kier molecular flexibility index (Phi) is 5.20. The highest BCUT2D eigenvalue weighted by atomic mass is 16.6. The maximum absolute atomic E-state index is 11.9. The fourth-order valence-corrected chi connectivity index (χ4v) is 1.94. The lowest BCUT2D eigenvalue weighted by Crippen LogP contribution is -2.37. The van der Waals surface area contributed by atoms with Gasteiger partial charge in [0, 0.05) is 25.6 Å². The molecule has 1 fully saturated rings. The largest absolute Gasteiger partial charge is 0.444 e. The summed E-state index contributed by atoms with van der Waals surface area (Å²) in [5, 5.41) is 2.91. The van der Waals surface area contributed by atoms with Crippen molar-refractivity contribution in [3.63, 3.8) is 0 Å². The smallest absolute Gasteiger partial charge is 0.410 e. The van der Waals surface area contributed by atoms with Crippen molar-refractivity contribution in [3.8, 4) is 0 Å². The molecule has 1 aliphatic heterocycles. The molecule has 1 atom stereocenters. The van der Waals surface area contributed by atoms with Crippen molar-refractivity contribution in [3.05, 3.63) is 0 Å². The van der Waals surface area contributed by atoms with E-state index in [0.29, 0.717) is 25.6 Å². The van der Waals surface area contributed by atoms with Crippen molar-refractivity contribution in [2.24, 2.45) is 11.8 Å². The van der Waals surface area contributed by atoms with Crippen LogP contribution in [0.5, 0.6) is 0 Å². The summed E-state index contributed by atoms with van der Waals surface area (Å²) < 4.78 is 5.33. The minimum absolute atomic E-state index is 0.00311. The number of amides is 2. The molecule has 0 saturated carbocycles. The highest BCUT2D eigenvalue weighted by Gasteiger charge is 2.29. The Morgan fingerprint density at radius 1 is 1.37 bits per heavy atom. The van der Waals surface area contributed by atoms with Crippen molar-refractivity contribution in [2.45, 2.75) is 46.6 Å². The molecule has 0 aliphatic carbocycles. The second-order valence-electron chi connectivity index (χ2n) is 6.48. The van der Waals surface area contributed by atoms with E-state index in [1.165, 1.54) is 0 Å². The van der Waals surface area contributed by atoms with Crippen LogP contribution in [0.4, 0.5) is 4.79 Å². The van der Waals surface area contributed by atoms with Crippen LogP contribution in [-0.2, 0) is 9.53 Å². The van der Waals surface area contributed by atoms with E-state index in [9.17, 15) is 9.59 Å². The van der Waals surface area contributed by atoms with Gasteiger partial charge in [-0.15, -0.1) is 0 Å². The van der Waals surface area contributed by atoms with E-state index in [1.54, 1.807) is 4.90 Å². The Balaban J connectivity index is 2.34. The van der Waals surface area contributed by atoms with Crippen LogP contribution >= 0.6 is 0 Å². The number of likely N-dealkylation sites (tertiary alicyclic amines) is 1. The van der Waals surface area contributed by atoms with Gasteiger partial charge in [0.1, 0.15) is 5.60 Å². The number of nitrogens with zero attached hydrogens (tertiary/aromatic N) is 1. The first-order valence-corrected chi connectivity index (χ1v) is 6.94. The van der Waals surface area contributed by atoms with Gasteiger partial charge in [0.15, 0.2) is 0 Å². The SMILES string of the molecule is CC(C)C(=O)NC[C@H]1CCN(C(=O)OC(C)(C)C)C1. The van der Waals surface area contributed by atoms with Crippen molar-refractivity contribution in [2.75, 3.05) is 19.6 Å². The number of nitrogens with one attached hydrogen (secondary N) is 1. The van der Waals surface area contributed by atoms with Gasteiger partial charge in [-0.3, -0.25) is 4.79 Å². The van der Waals surface area contributed by atoms with Gasteiger partial charge in [-0.2, -0.15) is 0 Å². The molecular formula is C14H26N2O3. The van der Waals surface area contributed by atoms with Crippen LogP contribution in [0, 0.1) is 11.8 Å². The van der Waals surface area contributed by atoms with Crippen LogP contribution in [-0.4, -0.2) is 42.1 Å². The van der Waals surface area contributed by atoms with E-state index >= 15 is 0 Å². The van der Waals surface area contributed by atoms with E-state index in [1.807, 2.05) is 34.6 Å². The molecule has 1 N–H and O–H groups in total. The quantitative estimate of drug-likeness (QED) is 0.853. The van der Waals surface area contributed by atoms with E-state index in [2.05, 4.69) is 5.32 Å². The van der Waals surface area contributed by atoms with Gasteiger partial charge in [-0.1, -0.05) is 13.8 Å². The van der Waals surface area contributed by atoms with E-state index in [-0.39, 0.29) is 17.9 Å². The van der Waals surface area contributed by atoms with Crippen molar-refractivity contribution < 1.29 is 14.3 Å². The Morgan fingerprint density at radius 3 is 2.53 bits per heavy atom. The molecule has 1 saturated heterocycles. The zero-order valence-electron chi connectivity index (χ0n) is 12.7. The first kappa shape index (κ1) is 15.8. The van der Waals surface area contributed by atoms with Crippen LogP contribution in [0.1, 0.15) is 41.0 Å². The first-order chi connectivity index (χ1) is 8.69. The first-order valence-electron chi connectivity index (χ1n) is 6.94. The zero-order chi connectivity index (χ0) is 14.6. The third-order valence-electron chi connectivity index (χ3n) is 3.03. The minimum Gasteiger partial charge on any atom is -0.444 e. The van der Waals surface area contributed by atoms with Crippen LogP contribution in [0.25, 0.3) is 0 Å². The molecule has 2 amide bonds. The van der Waals surface area contributed by atoms with E-state index in [0.717, 1.165) is 6.42 Å². The maximum Gasteiger partial charge on any atom is 0.410 e. The van der Waals surface area contributed by atoms with Gasteiger partial charge in [0.25, 0.3) is 0 Å². The van der Waals surface area contributed by atoms with Crippen LogP contribution in [0.2, 0.25) is 0 Å². The van der Waals surface area contributed by atoms with Crippen LogP contribution in [0.15, 0.2) is 0 Å². The Morgan fingerprint density at radius 2 is 2.00 bits per heavy atom. The molecule has 1 rings (SSSR count). The number of carbonyl (C=O) groups is 2. The van der Waals surface area contributed by atoms with E-state index in [4.69, 9.17) is 4.74 Å². The van der Waals surface area contributed by atoms with E-state index < -0.39 is 5.60 Å². The molecule has 5 heteroatoms. The standard InChI is InChI=1S/C14H26N2O3/c1-10(2)12(17)15-8-11-6-7-16(9-11)13(18)19-14(3,4)5/h10-11H,6-9H2,1-5H3,(H,15,17)/t11-/m1/s1. The van der Waals surface area contributed by atoms with Gasteiger partial charge in [-0.05, 0) is 33.1 Å². The molecule has 0 aromatic heterocycles. The van der Waals surface area contributed by atoms with Crippen molar-refractivity contribution in [1.29, 1.82) is 0 Å². The van der Waals surface area contributed by atoms with Gasteiger partial charge in [-0.25, -0.2) is 4.79 Å². The molecule has 0 unspecified atom stereocenters. The van der Waals surface area contributed by atoms with Gasteiger partial charge in [0.2, 0.25) is 5.91 Å². The number of carbonyl (C=O) groups excluding carboxylic acids is 2. The molecule has 1 aliphatic rings. The predicted molar refractivity (Wildman–Crippen MR) is 73.8 cm³/mol. The summed E-state index contributed by atoms with van der Waals surface area (Å²) in [6.07, 6.45) is 0.655. The Hall–Kier alpha value is -1.26. The van der Waals surface area contributed by atoms with Crippen LogP contribution < -0.4 is 5.32 Å². The summed E-state index contributed by atoms with van der Waals surface area (Å²) in [7, 11) is 0. The lowest BCUT2D eigenvalue weighted by molar-refractivity contribution is -0.124. The molecule has 110 valence electrons.